The highest BCUT2D eigenvalue weighted by atomic mass is 15.0. The summed E-state index contributed by atoms with van der Waals surface area (Å²) in [5.74, 6) is 0. The molecule has 0 aliphatic carbocycles. The summed E-state index contributed by atoms with van der Waals surface area (Å²) in [4.78, 5) is 0. The van der Waals surface area contributed by atoms with Crippen LogP contribution in [0.4, 0.5) is 0 Å². The molecular weight excluding hydrogens is 518 g/mol. The Labute approximate surface area is 251 Å². The molecule has 204 valence electrons. The van der Waals surface area contributed by atoms with Gasteiger partial charge in [-0.25, -0.2) is 0 Å². The van der Waals surface area contributed by atoms with Crippen molar-refractivity contribution in [1.29, 1.82) is 0 Å². The van der Waals surface area contributed by atoms with Gasteiger partial charge in [-0.15, -0.1) is 0 Å². The lowest BCUT2D eigenvalue weighted by Gasteiger charge is -2.15. The number of hydrogen-bond acceptors (Lipinski definition) is 0. The van der Waals surface area contributed by atoms with E-state index in [0.717, 1.165) is 0 Å². The first-order valence-corrected chi connectivity index (χ1v) is 15.0. The fraction of sp³-hybridized carbons (Fsp3) is 0.0476. The smallest absolute Gasteiger partial charge is 0.0541 e. The standard InChI is InChI=1S/C38H23N.C4H8/c1-3-10-35-32(8-1)33-9-2-4-11-36(33)39(35)30-19-16-27-22-29(15-14-28(27)23-30)31-20-17-26-13-12-24-6-5-7-25-18-21-34(31)38(26)37(24)25;1-3-4-2/h1-23H;3-4H,1-2H3/b;4-3-. The van der Waals surface area contributed by atoms with Crippen molar-refractivity contribution in [2.45, 2.75) is 13.8 Å². The Morgan fingerprint density at radius 3 is 1.67 bits per heavy atom. The van der Waals surface area contributed by atoms with E-state index in [1.54, 1.807) is 0 Å². The highest BCUT2D eigenvalue weighted by Gasteiger charge is 2.14. The van der Waals surface area contributed by atoms with Gasteiger partial charge in [-0.1, -0.05) is 121 Å². The van der Waals surface area contributed by atoms with Crippen molar-refractivity contribution in [3.8, 4) is 16.8 Å². The molecule has 0 N–H and O–H groups in total. The molecule has 0 unspecified atom stereocenters. The average Bonchev–Trinajstić information content (AvgIpc) is 3.41. The van der Waals surface area contributed by atoms with Gasteiger partial charge in [0.25, 0.3) is 0 Å². The molecule has 0 amide bonds. The van der Waals surface area contributed by atoms with Crippen LogP contribution in [-0.4, -0.2) is 4.57 Å². The van der Waals surface area contributed by atoms with Gasteiger partial charge in [0.15, 0.2) is 0 Å². The second-order valence-electron chi connectivity index (χ2n) is 11.3. The molecule has 0 atom stereocenters. The van der Waals surface area contributed by atoms with Crippen molar-refractivity contribution in [2.24, 2.45) is 0 Å². The van der Waals surface area contributed by atoms with Crippen LogP contribution < -0.4 is 0 Å². The number of fused-ring (bicyclic) bond motifs is 4. The molecule has 0 saturated heterocycles. The third kappa shape index (κ3) is 4.00. The van der Waals surface area contributed by atoms with E-state index < -0.39 is 0 Å². The minimum absolute atomic E-state index is 1.19. The van der Waals surface area contributed by atoms with Crippen LogP contribution in [0.15, 0.2) is 152 Å². The van der Waals surface area contributed by atoms with E-state index in [1.807, 2.05) is 26.0 Å². The maximum Gasteiger partial charge on any atom is 0.0541 e. The van der Waals surface area contributed by atoms with Gasteiger partial charge in [-0.3, -0.25) is 0 Å². The predicted molar refractivity (Wildman–Crippen MR) is 188 cm³/mol. The van der Waals surface area contributed by atoms with Crippen LogP contribution in [0.5, 0.6) is 0 Å². The number of allylic oxidation sites excluding steroid dienone is 2. The van der Waals surface area contributed by atoms with Gasteiger partial charge in [-0.2, -0.15) is 0 Å². The molecule has 1 aromatic heterocycles. The number of benzene rings is 8. The van der Waals surface area contributed by atoms with Crippen molar-refractivity contribution >= 4 is 64.9 Å². The molecule has 0 spiro atoms. The van der Waals surface area contributed by atoms with Gasteiger partial charge in [0.1, 0.15) is 0 Å². The third-order valence-electron chi connectivity index (χ3n) is 8.84. The monoisotopic (exact) mass is 549 g/mol. The molecule has 0 aliphatic heterocycles. The van der Waals surface area contributed by atoms with Crippen molar-refractivity contribution in [3.63, 3.8) is 0 Å². The Morgan fingerprint density at radius 1 is 0.419 bits per heavy atom. The Morgan fingerprint density at radius 2 is 0.977 bits per heavy atom. The summed E-state index contributed by atoms with van der Waals surface area (Å²) in [6.45, 7) is 4.00. The van der Waals surface area contributed by atoms with Crippen molar-refractivity contribution < 1.29 is 0 Å². The highest BCUT2D eigenvalue weighted by molar-refractivity contribution is 6.25. The zero-order chi connectivity index (χ0) is 28.9. The van der Waals surface area contributed by atoms with E-state index >= 15 is 0 Å². The summed E-state index contributed by atoms with van der Waals surface area (Å²) >= 11 is 0. The predicted octanol–water partition coefficient (Wildman–Crippen LogP) is 12.1. The van der Waals surface area contributed by atoms with Gasteiger partial charge in [0.2, 0.25) is 0 Å². The fourth-order valence-corrected chi connectivity index (χ4v) is 6.73. The summed E-state index contributed by atoms with van der Waals surface area (Å²) in [7, 11) is 0. The highest BCUT2D eigenvalue weighted by Crippen LogP contribution is 2.40. The summed E-state index contributed by atoms with van der Waals surface area (Å²) in [5, 5.41) is 13.0. The number of aromatic nitrogens is 1. The van der Waals surface area contributed by atoms with E-state index in [-0.39, 0.29) is 0 Å². The first kappa shape index (κ1) is 25.3. The average molecular weight is 550 g/mol. The molecule has 0 bridgehead atoms. The SMILES string of the molecule is C/C=C\C.c1cc2ccc3ccc(-c4ccc5cc(-n6c7ccccc7c7ccccc76)ccc5c4)c4ccc(c1)c2c34. The Balaban J connectivity index is 0.000000657. The van der Waals surface area contributed by atoms with E-state index in [4.69, 9.17) is 0 Å². The molecule has 0 aliphatic rings. The molecule has 9 aromatic rings. The first-order valence-electron chi connectivity index (χ1n) is 15.0. The van der Waals surface area contributed by atoms with Crippen LogP contribution in [0.3, 0.4) is 0 Å². The lowest BCUT2D eigenvalue weighted by Crippen LogP contribution is -1.93. The lowest BCUT2D eigenvalue weighted by atomic mass is 9.89. The zero-order valence-corrected chi connectivity index (χ0v) is 24.4. The molecule has 1 nitrogen and oxygen atoms in total. The summed E-state index contributed by atoms with van der Waals surface area (Å²) in [6.07, 6.45) is 4.00. The van der Waals surface area contributed by atoms with Crippen LogP contribution in [-0.2, 0) is 0 Å². The minimum atomic E-state index is 1.19. The molecule has 8 aromatic carbocycles. The second-order valence-corrected chi connectivity index (χ2v) is 11.3. The Bertz CT molecular complexity index is 2400. The van der Waals surface area contributed by atoms with Crippen molar-refractivity contribution in [2.75, 3.05) is 0 Å². The maximum absolute atomic E-state index is 2.39. The van der Waals surface area contributed by atoms with E-state index in [9.17, 15) is 0 Å². The number of nitrogens with zero attached hydrogens (tertiary/aromatic N) is 1. The van der Waals surface area contributed by atoms with Crippen LogP contribution in [0.1, 0.15) is 13.8 Å². The van der Waals surface area contributed by atoms with Crippen LogP contribution >= 0.6 is 0 Å². The molecule has 9 rings (SSSR count). The molecule has 1 heteroatoms. The Hall–Kier alpha value is -5.40. The van der Waals surface area contributed by atoms with E-state index in [2.05, 4.69) is 144 Å². The van der Waals surface area contributed by atoms with Crippen LogP contribution in [0.25, 0.3) is 81.7 Å². The minimum Gasteiger partial charge on any atom is -0.309 e. The fourth-order valence-electron chi connectivity index (χ4n) is 6.73. The van der Waals surface area contributed by atoms with Gasteiger partial charge in [0, 0.05) is 16.5 Å². The molecule has 0 saturated carbocycles. The first-order chi connectivity index (χ1) is 21.2. The van der Waals surface area contributed by atoms with Gasteiger partial charge in [0.05, 0.1) is 11.0 Å². The van der Waals surface area contributed by atoms with Gasteiger partial charge in [-0.05, 0) is 98.4 Å². The number of rotatable bonds is 2. The topological polar surface area (TPSA) is 4.93 Å². The summed E-state index contributed by atoms with van der Waals surface area (Å²) in [5.41, 5.74) is 6.21. The molecular formula is C42H31N. The largest absolute Gasteiger partial charge is 0.309 e. The van der Waals surface area contributed by atoms with E-state index in [1.165, 1.54) is 81.7 Å². The second kappa shape index (κ2) is 10.2. The van der Waals surface area contributed by atoms with E-state index in [0.29, 0.717) is 0 Å². The van der Waals surface area contributed by atoms with Crippen molar-refractivity contribution in [3.05, 3.63) is 152 Å². The third-order valence-corrected chi connectivity index (χ3v) is 8.84. The summed E-state index contributed by atoms with van der Waals surface area (Å²) < 4.78 is 2.39. The molecule has 0 fully saturated rings. The summed E-state index contributed by atoms with van der Waals surface area (Å²) in [6, 6.07) is 51.4. The van der Waals surface area contributed by atoms with Crippen molar-refractivity contribution in [1.82, 2.24) is 4.57 Å². The van der Waals surface area contributed by atoms with Gasteiger partial charge >= 0.3 is 0 Å². The zero-order valence-electron chi connectivity index (χ0n) is 24.4. The van der Waals surface area contributed by atoms with Crippen LogP contribution in [0.2, 0.25) is 0 Å². The lowest BCUT2D eigenvalue weighted by molar-refractivity contribution is 1.19. The number of para-hydroxylation sites is 2. The molecule has 43 heavy (non-hydrogen) atoms. The van der Waals surface area contributed by atoms with Gasteiger partial charge < -0.3 is 4.57 Å². The Kier molecular flexibility index (Phi) is 5.98. The quantitative estimate of drug-likeness (QED) is 0.149. The molecule has 0 radical (unpaired) electrons. The molecule has 1 heterocycles. The maximum atomic E-state index is 2.39. The number of hydrogen-bond donors (Lipinski definition) is 0. The van der Waals surface area contributed by atoms with Crippen LogP contribution in [0, 0.1) is 0 Å². The normalized spacial score (nSPS) is 11.9.